The van der Waals surface area contributed by atoms with Crippen LogP contribution in [0.25, 0.3) is 0 Å². The van der Waals surface area contributed by atoms with Crippen molar-refractivity contribution >= 4 is 0 Å². The van der Waals surface area contributed by atoms with Crippen LogP contribution in [0.2, 0.25) is 0 Å². The van der Waals surface area contributed by atoms with E-state index < -0.39 is 0 Å². The highest BCUT2D eigenvalue weighted by Crippen LogP contribution is 2.50. The maximum Gasteiger partial charge on any atom is 0.0844 e. The van der Waals surface area contributed by atoms with E-state index in [9.17, 15) is 0 Å². The van der Waals surface area contributed by atoms with Crippen LogP contribution in [0.3, 0.4) is 0 Å². The predicted molar refractivity (Wildman–Crippen MR) is 90.7 cm³/mol. The van der Waals surface area contributed by atoms with E-state index in [1.807, 2.05) is 0 Å². The van der Waals surface area contributed by atoms with Crippen molar-refractivity contribution in [1.29, 1.82) is 0 Å². The second-order valence-electron chi connectivity index (χ2n) is 9.80. The molecule has 0 amide bonds. The van der Waals surface area contributed by atoms with Gasteiger partial charge < -0.3 is 14.2 Å². The van der Waals surface area contributed by atoms with Crippen molar-refractivity contribution in [2.45, 2.75) is 107 Å². The predicted octanol–water partition coefficient (Wildman–Crippen LogP) is 4.09. The minimum absolute atomic E-state index is 0.635. The monoisotopic (exact) mass is 332 g/mol. The molecular formula is C21H32O3. The van der Waals surface area contributed by atoms with Crippen LogP contribution in [0.1, 0.15) is 70.6 Å². The molecule has 6 fully saturated rings. The number of rotatable bonds is 5. The minimum Gasteiger partial charge on any atom is -0.370 e. The fourth-order valence-electron chi connectivity index (χ4n) is 6.60. The Balaban J connectivity index is 1.12. The normalized spacial score (nSPS) is 55.8. The summed E-state index contributed by atoms with van der Waals surface area (Å²) in [6.07, 6.45) is 19.2. The van der Waals surface area contributed by atoms with Gasteiger partial charge in [0.05, 0.1) is 36.6 Å². The van der Waals surface area contributed by atoms with Gasteiger partial charge in [-0.15, -0.1) is 0 Å². The Morgan fingerprint density at radius 2 is 1.04 bits per heavy atom. The van der Waals surface area contributed by atoms with E-state index in [4.69, 9.17) is 14.2 Å². The maximum atomic E-state index is 5.85. The molecule has 3 saturated heterocycles. The average Bonchev–Trinajstić information content (AvgIpc) is 3.47. The van der Waals surface area contributed by atoms with Gasteiger partial charge in [0.25, 0.3) is 0 Å². The summed E-state index contributed by atoms with van der Waals surface area (Å²) in [5.74, 6) is 3.75. The molecule has 134 valence electrons. The molecule has 6 aliphatic rings. The summed E-state index contributed by atoms with van der Waals surface area (Å²) in [5, 5.41) is 0. The Morgan fingerprint density at radius 3 is 1.54 bits per heavy atom. The van der Waals surface area contributed by atoms with Gasteiger partial charge in [-0.05, 0) is 94.3 Å². The van der Waals surface area contributed by atoms with E-state index >= 15 is 0 Å². The summed E-state index contributed by atoms with van der Waals surface area (Å²) in [5.41, 5.74) is 0. The molecule has 0 spiro atoms. The molecule has 3 aliphatic carbocycles. The van der Waals surface area contributed by atoms with Gasteiger partial charge in [0.1, 0.15) is 0 Å². The van der Waals surface area contributed by atoms with Crippen molar-refractivity contribution in [3.8, 4) is 0 Å². The van der Waals surface area contributed by atoms with Crippen LogP contribution in [0, 0.1) is 23.7 Å². The first-order valence-electron chi connectivity index (χ1n) is 10.8. The van der Waals surface area contributed by atoms with E-state index in [2.05, 4.69) is 0 Å². The fraction of sp³-hybridized carbons (Fsp3) is 1.00. The zero-order valence-corrected chi connectivity index (χ0v) is 14.8. The Morgan fingerprint density at radius 1 is 0.542 bits per heavy atom. The number of ether oxygens (including phenoxy) is 3. The van der Waals surface area contributed by atoms with Gasteiger partial charge in [-0.25, -0.2) is 0 Å². The van der Waals surface area contributed by atoms with Crippen LogP contribution in [0.5, 0.6) is 0 Å². The summed E-state index contributed by atoms with van der Waals surface area (Å²) in [6.45, 7) is 0. The second kappa shape index (κ2) is 5.69. The van der Waals surface area contributed by atoms with Gasteiger partial charge in [-0.3, -0.25) is 0 Å². The first kappa shape index (κ1) is 15.0. The van der Waals surface area contributed by atoms with E-state index in [1.165, 1.54) is 70.6 Å². The first-order chi connectivity index (χ1) is 11.8. The van der Waals surface area contributed by atoms with Gasteiger partial charge in [0.15, 0.2) is 0 Å². The number of hydrogen-bond donors (Lipinski definition) is 0. The summed E-state index contributed by atoms with van der Waals surface area (Å²) in [4.78, 5) is 0. The third-order valence-electron chi connectivity index (χ3n) is 8.21. The summed E-state index contributed by atoms with van der Waals surface area (Å²) < 4.78 is 17.4. The molecule has 0 aromatic rings. The molecular weight excluding hydrogens is 300 g/mol. The Labute approximate surface area is 145 Å². The van der Waals surface area contributed by atoms with Crippen LogP contribution in [-0.2, 0) is 14.2 Å². The lowest BCUT2D eigenvalue weighted by Crippen LogP contribution is -2.28. The third kappa shape index (κ3) is 2.95. The molecule has 9 atom stereocenters. The summed E-state index contributed by atoms with van der Waals surface area (Å²) in [7, 11) is 0. The summed E-state index contributed by atoms with van der Waals surface area (Å²) >= 11 is 0. The lowest BCUT2D eigenvalue weighted by atomic mass is 9.69. The third-order valence-corrected chi connectivity index (χ3v) is 8.21. The van der Waals surface area contributed by atoms with Crippen LogP contribution in [0.15, 0.2) is 0 Å². The molecule has 6 rings (SSSR count). The zero-order valence-electron chi connectivity index (χ0n) is 14.8. The largest absolute Gasteiger partial charge is 0.370 e. The van der Waals surface area contributed by atoms with E-state index in [0.29, 0.717) is 36.6 Å². The molecule has 3 aliphatic heterocycles. The first-order valence-corrected chi connectivity index (χ1v) is 10.8. The van der Waals surface area contributed by atoms with Crippen LogP contribution >= 0.6 is 0 Å². The molecule has 3 saturated carbocycles. The highest BCUT2D eigenvalue weighted by atomic mass is 16.6. The standard InChI is InChI=1S/C21H32O3/c1-4-16-19(22-16)9-12(1)7-15(14-3-6-18-21(11-14)24-18)8-13-2-5-17-20(10-13)23-17/h12-21H,1-11H2. The molecule has 3 heteroatoms. The average molecular weight is 332 g/mol. The second-order valence-corrected chi connectivity index (χ2v) is 9.80. The van der Waals surface area contributed by atoms with Crippen molar-refractivity contribution in [1.82, 2.24) is 0 Å². The number of hydrogen-bond acceptors (Lipinski definition) is 3. The van der Waals surface area contributed by atoms with E-state index in [0.717, 1.165) is 23.7 Å². The minimum atomic E-state index is 0.635. The molecule has 0 N–H and O–H groups in total. The molecule has 9 unspecified atom stereocenters. The maximum absolute atomic E-state index is 5.85. The highest BCUT2D eigenvalue weighted by molar-refractivity contribution is 4.98. The quantitative estimate of drug-likeness (QED) is 0.712. The van der Waals surface area contributed by atoms with Crippen molar-refractivity contribution in [2.75, 3.05) is 0 Å². The molecule has 24 heavy (non-hydrogen) atoms. The van der Waals surface area contributed by atoms with Gasteiger partial charge in [-0.1, -0.05) is 0 Å². The van der Waals surface area contributed by atoms with E-state index in [-0.39, 0.29) is 0 Å². The smallest absolute Gasteiger partial charge is 0.0844 e. The van der Waals surface area contributed by atoms with E-state index in [1.54, 1.807) is 0 Å². The molecule has 0 bridgehead atoms. The lowest BCUT2D eigenvalue weighted by molar-refractivity contribution is 0.160. The molecule has 3 heterocycles. The number of fused-ring (bicyclic) bond motifs is 3. The Hall–Kier alpha value is -0.120. The highest BCUT2D eigenvalue weighted by Gasteiger charge is 2.49. The van der Waals surface area contributed by atoms with Crippen LogP contribution in [0.4, 0.5) is 0 Å². The van der Waals surface area contributed by atoms with Crippen molar-refractivity contribution < 1.29 is 14.2 Å². The van der Waals surface area contributed by atoms with Gasteiger partial charge in [-0.2, -0.15) is 0 Å². The van der Waals surface area contributed by atoms with Crippen molar-refractivity contribution in [3.63, 3.8) is 0 Å². The topological polar surface area (TPSA) is 37.6 Å². The number of epoxide rings is 3. The van der Waals surface area contributed by atoms with Gasteiger partial charge in [0, 0.05) is 0 Å². The Bertz CT molecular complexity index is 463. The molecule has 0 aromatic heterocycles. The lowest BCUT2D eigenvalue weighted by Gasteiger charge is -2.35. The van der Waals surface area contributed by atoms with Crippen LogP contribution < -0.4 is 0 Å². The molecule has 0 aromatic carbocycles. The van der Waals surface area contributed by atoms with Gasteiger partial charge in [0.2, 0.25) is 0 Å². The Kier molecular flexibility index (Phi) is 3.55. The summed E-state index contributed by atoms with van der Waals surface area (Å²) in [6, 6.07) is 0. The fourth-order valence-corrected chi connectivity index (χ4v) is 6.60. The van der Waals surface area contributed by atoms with Crippen molar-refractivity contribution in [3.05, 3.63) is 0 Å². The van der Waals surface area contributed by atoms with Crippen LogP contribution in [-0.4, -0.2) is 36.6 Å². The van der Waals surface area contributed by atoms with Crippen molar-refractivity contribution in [2.24, 2.45) is 23.7 Å². The van der Waals surface area contributed by atoms with Gasteiger partial charge >= 0.3 is 0 Å². The zero-order chi connectivity index (χ0) is 15.7. The molecule has 0 radical (unpaired) electrons. The molecule has 3 nitrogen and oxygen atoms in total. The SMILES string of the molecule is C1CC2OC2CC1CC(CC1CCC2OC2C1)C1CCC2OC2C1.